The van der Waals surface area contributed by atoms with Gasteiger partial charge in [0.2, 0.25) is 0 Å². The van der Waals surface area contributed by atoms with Crippen molar-refractivity contribution >= 4 is 41.0 Å². The molecule has 2 heterocycles. The zero-order valence-corrected chi connectivity index (χ0v) is 20.0. The Balaban J connectivity index is 0. The summed E-state index contributed by atoms with van der Waals surface area (Å²) in [5, 5.41) is 19.0. The zero-order valence-electron chi connectivity index (χ0n) is 14.4. The van der Waals surface area contributed by atoms with Crippen molar-refractivity contribution in [1.29, 1.82) is 0 Å². The van der Waals surface area contributed by atoms with Gasteiger partial charge < -0.3 is 24.7 Å². The SMILES string of the molecule is CCCSc1nsnc1C1=CCCN(C)C1.O=C([O-])C(=O)[O-].[Na+].[Na+]. The molecule has 1 aliphatic rings. The Morgan fingerprint density at radius 1 is 1.29 bits per heavy atom. The number of carbonyl (C=O) groups excluding carboxylic acids is 2. The summed E-state index contributed by atoms with van der Waals surface area (Å²) in [6.07, 6.45) is 4.62. The number of hydrogen-bond donors (Lipinski definition) is 0. The fraction of sp³-hybridized carbons (Fsp3) is 0.538. The van der Waals surface area contributed by atoms with Crippen molar-refractivity contribution in [2.45, 2.75) is 24.8 Å². The summed E-state index contributed by atoms with van der Waals surface area (Å²) in [4.78, 5) is 20.2. The molecule has 2 rings (SSSR count). The number of carboxylic acid groups (broad SMARTS) is 2. The summed E-state index contributed by atoms with van der Waals surface area (Å²) >= 11 is 3.16. The molecule has 11 heteroatoms. The van der Waals surface area contributed by atoms with Crippen LogP contribution >= 0.6 is 23.5 Å². The molecule has 1 aromatic rings. The fourth-order valence-electron chi connectivity index (χ4n) is 1.74. The molecule has 0 spiro atoms. The van der Waals surface area contributed by atoms with E-state index in [0.29, 0.717) is 0 Å². The van der Waals surface area contributed by atoms with Gasteiger partial charge in [0, 0.05) is 13.1 Å². The smallest absolute Gasteiger partial charge is 0.543 e. The van der Waals surface area contributed by atoms with E-state index >= 15 is 0 Å². The molecule has 0 amide bonds. The summed E-state index contributed by atoms with van der Waals surface area (Å²) in [7, 11) is 2.16. The van der Waals surface area contributed by atoms with Crippen LogP contribution < -0.4 is 69.3 Å². The van der Waals surface area contributed by atoms with Gasteiger partial charge in [-0.05, 0) is 31.2 Å². The predicted octanol–water partition coefficient (Wildman–Crippen LogP) is -6.75. The van der Waals surface area contributed by atoms with Gasteiger partial charge in [-0.25, -0.2) is 0 Å². The molecule has 7 nitrogen and oxygen atoms in total. The minimum atomic E-state index is -2.19. The third-order valence-electron chi connectivity index (χ3n) is 2.71. The van der Waals surface area contributed by atoms with Crippen LogP contribution in [-0.4, -0.2) is 51.5 Å². The maximum Gasteiger partial charge on any atom is 1.00 e. The molecule has 0 saturated carbocycles. The third-order valence-corrected chi connectivity index (χ3v) is 4.53. The number of carboxylic acids is 2. The van der Waals surface area contributed by atoms with Crippen LogP contribution in [0.15, 0.2) is 11.1 Å². The predicted molar refractivity (Wildman–Crippen MR) is 81.0 cm³/mol. The molecular formula is C13H17N3Na2O4S2. The number of aliphatic carboxylic acids is 2. The molecule has 1 aromatic heterocycles. The topological polar surface area (TPSA) is 109 Å². The van der Waals surface area contributed by atoms with Crippen LogP contribution in [0.3, 0.4) is 0 Å². The van der Waals surface area contributed by atoms with Gasteiger partial charge in [0.25, 0.3) is 0 Å². The van der Waals surface area contributed by atoms with Gasteiger partial charge in [-0.3, -0.25) is 0 Å². The van der Waals surface area contributed by atoms with E-state index in [4.69, 9.17) is 19.8 Å². The van der Waals surface area contributed by atoms with Crippen molar-refractivity contribution in [1.82, 2.24) is 13.6 Å². The molecule has 1 aliphatic heterocycles. The molecule has 122 valence electrons. The Kier molecular flexibility index (Phi) is 16.4. The molecule has 0 saturated heterocycles. The van der Waals surface area contributed by atoms with Crippen molar-refractivity contribution < 1.29 is 78.9 Å². The summed E-state index contributed by atoms with van der Waals surface area (Å²) in [5.74, 6) is -3.24. The second kappa shape index (κ2) is 14.7. The van der Waals surface area contributed by atoms with Crippen LogP contribution in [0.2, 0.25) is 0 Å². The molecule has 0 aliphatic carbocycles. The second-order valence-electron chi connectivity index (χ2n) is 4.60. The van der Waals surface area contributed by atoms with E-state index in [1.807, 2.05) is 11.8 Å². The number of thioether (sulfide) groups is 1. The number of aromatic nitrogens is 2. The number of nitrogens with zero attached hydrogens (tertiary/aromatic N) is 3. The van der Waals surface area contributed by atoms with Gasteiger partial charge in [-0.2, -0.15) is 8.75 Å². The molecule has 0 N–H and O–H groups in total. The number of hydrogen-bond acceptors (Lipinski definition) is 9. The third kappa shape index (κ3) is 9.88. The molecule has 0 bridgehead atoms. The summed E-state index contributed by atoms with van der Waals surface area (Å²) in [6, 6.07) is 0. The van der Waals surface area contributed by atoms with E-state index in [-0.39, 0.29) is 59.1 Å². The average Bonchev–Trinajstić information content (AvgIpc) is 2.94. The van der Waals surface area contributed by atoms with Crippen LogP contribution in [-0.2, 0) is 9.59 Å². The van der Waals surface area contributed by atoms with Crippen LogP contribution in [0.1, 0.15) is 25.5 Å². The Morgan fingerprint density at radius 2 is 1.92 bits per heavy atom. The van der Waals surface area contributed by atoms with E-state index in [2.05, 4.69) is 33.7 Å². The Labute approximate surface area is 194 Å². The largest absolute Gasteiger partial charge is 1.00 e. The van der Waals surface area contributed by atoms with Crippen molar-refractivity contribution in [3.05, 3.63) is 11.8 Å². The number of rotatable bonds is 4. The van der Waals surface area contributed by atoms with Gasteiger partial charge in [-0.1, -0.05) is 13.0 Å². The molecule has 0 radical (unpaired) electrons. The van der Waals surface area contributed by atoms with E-state index in [1.54, 1.807) is 0 Å². The van der Waals surface area contributed by atoms with Crippen molar-refractivity contribution in [2.75, 3.05) is 25.9 Å². The Bertz CT molecular complexity index is 543. The van der Waals surface area contributed by atoms with Crippen molar-refractivity contribution in [2.24, 2.45) is 0 Å². The van der Waals surface area contributed by atoms with Crippen LogP contribution in [0.25, 0.3) is 5.57 Å². The average molecular weight is 389 g/mol. The van der Waals surface area contributed by atoms with Gasteiger partial charge in [0.05, 0.1) is 23.7 Å². The Hall–Kier alpha value is 0.550. The van der Waals surface area contributed by atoms with E-state index in [9.17, 15) is 0 Å². The number of carbonyl (C=O) groups is 2. The molecule has 24 heavy (non-hydrogen) atoms. The number of likely N-dealkylation sites (N-methyl/N-ethyl adjacent to an activating group) is 1. The van der Waals surface area contributed by atoms with Crippen LogP contribution in [0, 0.1) is 0 Å². The maximum atomic E-state index is 8.93. The standard InChI is InChI=1S/C11H17N3S2.C2H2O4.2Na/c1-3-7-15-11-10(12-16-13-11)9-5-4-6-14(2)8-9;3-1(4)2(5)6;;/h5H,3-4,6-8H2,1-2H3;(H,3,4)(H,5,6);;/q;;2*+1/p-2. The van der Waals surface area contributed by atoms with Crippen LogP contribution in [0.5, 0.6) is 0 Å². The van der Waals surface area contributed by atoms with E-state index in [0.717, 1.165) is 36.0 Å². The summed E-state index contributed by atoms with van der Waals surface area (Å²) in [6.45, 7) is 4.35. The summed E-state index contributed by atoms with van der Waals surface area (Å²) < 4.78 is 8.83. The Morgan fingerprint density at radius 3 is 2.42 bits per heavy atom. The van der Waals surface area contributed by atoms with Crippen LogP contribution in [0.4, 0.5) is 0 Å². The molecule has 0 fully saturated rings. The summed E-state index contributed by atoms with van der Waals surface area (Å²) in [5.41, 5.74) is 2.47. The monoisotopic (exact) mass is 389 g/mol. The molecular weight excluding hydrogens is 372 g/mol. The quantitative estimate of drug-likeness (QED) is 0.284. The van der Waals surface area contributed by atoms with Crippen molar-refractivity contribution in [3.8, 4) is 0 Å². The first kappa shape index (κ1) is 26.8. The molecule has 0 aromatic carbocycles. The zero-order chi connectivity index (χ0) is 16.5. The van der Waals surface area contributed by atoms with E-state index in [1.165, 1.54) is 23.7 Å². The fourth-order valence-corrected chi connectivity index (χ4v) is 3.30. The van der Waals surface area contributed by atoms with Gasteiger partial charge >= 0.3 is 59.1 Å². The van der Waals surface area contributed by atoms with E-state index < -0.39 is 11.9 Å². The maximum absolute atomic E-state index is 8.93. The van der Waals surface area contributed by atoms with Gasteiger partial charge in [-0.15, -0.1) is 11.8 Å². The molecule has 0 unspecified atom stereocenters. The normalized spacial score (nSPS) is 13.5. The van der Waals surface area contributed by atoms with Gasteiger partial charge in [0.15, 0.2) is 0 Å². The minimum absolute atomic E-state index is 0. The minimum Gasteiger partial charge on any atom is -0.543 e. The first-order chi connectivity index (χ1) is 10.5. The first-order valence-corrected chi connectivity index (χ1v) is 8.42. The molecule has 0 atom stereocenters. The van der Waals surface area contributed by atoms with Gasteiger partial charge in [0.1, 0.15) is 10.7 Å². The first-order valence-electron chi connectivity index (χ1n) is 6.71. The second-order valence-corrected chi connectivity index (χ2v) is 6.21. The van der Waals surface area contributed by atoms with Crippen molar-refractivity contribution in [3.63, 3.8) is 0 Å².